The Morgan fingerprint density at radius 2 is 1.42 bits per heavy atom. The summed E-state index contributed by atoms with van der Waals surface area (Å²) in [4.78, 5) is 26.2. The largest absolute Gasteiger partial charge is 0.347 e. The molecular weight excluding hydrogens is 324 g/mol. The molecular formula is C23H20O3. The molecule has 3 heteroatoms. The maximum absolute atomic E-state index is 13.1. The molecule has 0 bridgehead atoms. The van der Waals surface area contributed by atoms with E-state index in [1.807, 2.05) is 0 Å². The third-order valence-electron chi connectivity index (χ3n) is 6.06. The molecule has 1 saturated carbocycles. The Balaban J connectivity index is 1.64. The van der Waals surface area contributed by atoms with Crippen molar-refractivity contribution in [3.05, 3.63) is 76.4 Å². The highest BCUT2D eigenvalue weighted by Crippen LogP contribution is 2.58. The Bertz CT molecular complexity index is 953. The van der Waals surface area contributed by atoms with Gasteiger partial charge in [-0.1, -0.05) is 48.5 Å². The lowest BCUT2D eigenvalue weighted by molar-refractivity contribution is -0.0449. The predicted octanol–water partition coefficient (Wildman–Crippen LogP) is 4.46. The minimum Gasteiger partial charge on any atom is -0.347 e. The zero-order valence-electron chi connectivity index (χ0n) is 15.0. The molecule has 3 aliphatic rings. The average Bonchev–Trinajstić information content (AvgIpc) is 3.37. The third-order valence-corrected chi connectivity index (χ3v) is 6.06. The summed E-state index contributed by atoms with van der Waals surface area (Å²) in [5.41, 5.74) is 3.90. The average molecular weight is 344 g/mol. The zero-order valence-corrected chi connectivity index (χ0v) is 15.0. The van der Waals surface area contributed by atoms with Gasteiger partial charge in [0.25, 0.3) is 0 Å². The summed E-state index contributed by atoms with van der Waals surface area (Å²) < 4.78 is 6.45. The van der Waals surface area contributed by atoms with Crippen molar-refractivity contribution in [1.82, 2.24) is 0 Å². The van der Waals surface area contributed by atoms with Crippen molar-refractivity contribution in [2.45, 2.75) is 44.3 Å². The number of fused-ring (bicyclic) bond motifs is 1. The molecule has 0 N–H and O–H groups in total. The van der Waals surface area contributed by atoms with Gasteiger partial charge in [-0.05, 0) is 49.0 Å². The van der Waals surface area contributed by atoms with Crippen LogP contribution in [0, 0.1) is 13.8 Å². The van der Waals surface area contributed by atoms with Gasteiger partial charge in [-0.2, -0.15) is 0 Å². The summed E-state index contributed by atoms with van der Waals surface area (Å²) in [5.74, 6) is -0.359. The zero-order chi connectivity index (χ0) is 18.1. The molecule has 1 aliphatic heterocycles. The van der Waals surface area contributed by atoms with Crippen molar-refractivity contribution in [3.8, 4) is 0 Å². The summed E-state index contributed by atoms with van der Waals surface area (Å²) in [7, 11) is 0. The Morgan fingerprint density at radius 1 is 0.846 bits per heavy atom. The van der Waals surface area contributed by atoms with Gasteiger partial charge in [-0.3, -0.25) is 9.59 Å². The van der Waals surface area contributed by atoms with E-state index in [4.69, 9.17) is 4.74 Å². The molecule has 0 saturated heterocycles. The predicted molar refractivity (Wildman–Crippen MR) is 99.4 cm³/mol. The lowest BCUT2D eigenvalue weighted by Gasteiger charge is -2.37. The number of carbonyl (C=O) groups excluding carboxylic acids is 2. The molecule has 5 rings (SSSR count). The van der Waals surface area contributed by atoms with Gasteiger partial charge < -0.3 is 4.74 Å². The van der Waals surface area contributed by atoms with E-state index < -0.39 is 11.2 Å². The van der Waals surface area contributed by atoms with E-state index in [1.165, 1.54) is 16.7 Å². The first kappa shape index (κ1) is 15.7. The molecule has 2 aliphatic carbocycles. The monoisotopic (exact) mass is 344 g/mol. The summed E-state index contributed by atoms with van der Waals surface area (Å²) in [5, 5.41) is 0. The van der Waals surface area contributed by atoms with Crippen LogP contribution in [0.4, 0.5) is 0 Å². The first-order valence-electron chi connectivity index (χ1n) is 9.15. The van der Waals surface area contributed by atoms with Gasteiger partial charge in [0, 0.05) is 17.5 Å². The van der Waals surface area contributed by atoms with Gasteiger partial charge >= 0.3 is 0 Å². The van der Waals surface area contributed by atoms with Gasteiger partial charge in [0.05, 0.1) is 5.60 Å². The van der Waals surface area contributed by atoms with Gasteiger partial charge in [-0.25, -0.2) is 0 Å². The normalized spacial score (nSPS) is 21.8. The van der Waals surface area contributed by atoms with Crippen LogP contribution in [0.25, 0.3) is 5.57 Å². The van der Waals surface area contributed by atoms with Crippen LogP contribution in [0.15, 0.2) is 48.5 Å². The maximum atomic E-state index is 13.1. The van der Waals surface area contributed by atoms with E-state index >= 15 is 0 Å². The fraction of sp³-hybridized carbons (Fsp3) is 0.304. The second-order valence-electron chi connectivity index (χ2n) is 7.72. The van der Waals surface area contributed by atoms with Crippen molar-refractivity contribution in [2.75, 3.05) is 0 Å². The van der Waals surface area contributed by atoms with Gasteiger partial charge in [-0.15, -0.1) is 0 Å². The van der Waals surface area contributed by atoms with E-state index in [9.17, 15) is 9.59 Å². The van der Waals surface area contributed by atoms with Crippen molar-refractivity contribution in [2.24, 2.45) is 0 Å². The SMILES string of the molecule is Cc1cccc(C)c1C1=CCC2(OC13CC3)C(=O)c1ccccc1C2=O. The number of ether oxygens (including phenoxy) is 1. The van der Waals surface area contributed by atoms with Crippen LogP contribution in [-0.4, -0.2) is 22.8 Å². The van der Waals surface area contributed by atoms with Crippen LogP contribution in [0.5, 0.6) is 0 Å². The van der Waals surface area contributed by atoms with Crippen molar-refractivity contribution in [3.63, 3.8) is 0 Å². The number of hydrogen-bond acceptors (Lipinski definition) is 3. The Morgan fingerprint density at radius 3 is 1.96 bits per heavy atom. The second-order valence-corrected chi connectivity index (χ2v) is 7.72. The minimum atomic E-state index is -1.36. The van der Waals surface area contributed by atoms with Crippen LogP contribution >= 0.6 is 0 Å². The molecule has 0 radical (unpaired) electrons. The lowest BCUT2D eigenvalue weighted by Crippen LogP contribution is -2.50. The molecule has 0 aromatic heterocycles. The Labute approximate surface area is 152 Å². The minimum absolute atomic E-state index is 0.179. The fourth-order valence-electron chi connectivity index (χ4n) is 4.61. The molecule has 2 aromatic rings. The second kappa shape index (κ2) is 5.01. The Hall–Kier alpha value is -2.52. The molecule has 2 aromatic carbocycles. The van der Waals surface area contributed by atoms with Gasteiger partial charge in [0.2, 0.25) is 11.6 Å². The van der Waals surface area contributed by atoms with E-state index in [-0.39, 0.29) is 11.6 Å². The molecule has 3 nitrogen and oxygen atoms in total. The fourth-order valence-corrected chi connectivity index (χ4v) is 4.61. The van der Waals surface area contributed by atoms with E-state index in [0.29, 0.717) is 17.5 Å². The lowest BCUT2D eigenvalue weighted by atomic mass is 9.82. The third kappa shape index (κ3) is 1.87. The molecule has 0 atom stereocenters. The van der Waals surface area contributed by atoms with E-state index in [2.05, 4.69) is 38.1 Å². The highest BCUT2D eigenvalue weighted by atomic mass is 16.5. The van der Waals surface area contributed by atoms with Crippen LogP contribution in [-0.2, 0) is 4.74 Å². The number of Topliss-reactive ketones (excluding diaryl/α,β-unsaturated/α-hetero) is 2. The van der Waals surface area contributed by atoms with Crippen LogP contribution in [0.2, 0.25) is 0 Å². The molecule has 130 valence electrons. The molecule has 1 heterocycles. The number of aryl methyl sites for hydroxylation is 2. The first-order valence-corrected chi connectivity index (χ1v) is 9.15. The van der Waals surface area contributed by atoms with Crippen molar-refractivity contribution in [1.29, 1.82) is 0 Å². The van der Waals surface area contributed by atoms with Gasteiger partial charge in [0.1, 0.15) is 0 Å². The number of ketones is 2. The highest BCUT2D eigenvalue weighted by Gasteiger charge is 2.63. The standard InChI is InChI=1S/C23H20O3/c1-14-6-5-7-15(2)19(14)18-10-11-23(26-22(18)12-13-22)20(24)16-8-3-4-9-17(16)21(23)25/h3-10H,11-13H2,1-2H3. The molecule has 2 spiro atoms. The van der Waals surface area contributed by atoms with Gasteiger partial charge in [0.15, 0.2) is 5.60 Å². The van der Waals surface area contributed by atoms with Crippen LogP contribution in [0.1, 0.15) is 56.7 Å². The summed E-state index contributed by atoms with van der Waals surface area (Å²) in [6.07, 6.45) is 4.11. The van der Waals surface area contributed by atoms with Crippen molar-refractivity contribution < 1.29 is 14.3 Å². The van der Waals surface area contributed by atoms with E-state index in [0.717, 1.165) is 18.4 Å². The quantitative estimate of drug-likeness (QED) is 0.718. The maximum Gasteiger partial charge on any atom is 0.203 e. The molecule has 26 heavy (non-hydrogen) atoms. The Kier molecular flexibility index (Phi) is 3.03. The summed E-state index contributed by atoms with van der Waals surface area (Å²) in [6, 6.07) is 13.3. The number of benzene rings is 2. The molecule has 0 unspecified atom stereocenters. The number of carbonyl (C=O) groups is 2. The summed E-state index contributed by atoms with van der Waals surface area (Å²) >= 11 is 0. The number of rotatable bonds is 1. The molecule has 0 amide bonds. The molecule has 1 fully saturated rings. The first-order chi connectivity index (χ1) is 12.5. The van der Waals surface area contributed by atoms with E-state index in [1.54, 1.807) is 24.3 Å². The van der Waals surface area contributed by atoms with Crippen LogP contribution < -0.4 is 0 Å². The van der Waals surface area contributed by atoms with Crippen molar-refractivity contribution >= 4 is 17.1 Å². The highest BCUT2D eigenvalue weighted by molar-refractivity contribution is 6.32. The topological polar surface area (TPSA) is 43.4 Å². The smallest absolute Gasteiger partial charge is 0.203 e. The van der Waals surface area contributed by atoms with Crippen LogP contribution in [0.3, 0.4) is 0 Å². The summed E-state index contributed by atoms with van der Waals surface area (Å²) in [6.45, 7) is 4.21. The number of hydrogen-bond donors (Lipinski definition) is 0.